The van der Waals surface area contributed by atoms with Gasteiger partial charge in [0.15, 0.2) is 5.78 Å². The lowest BCUT2D eigenvalue weighted by Crippen LogP contribution is -2.52. The number of carbonyl (C=O) groups excluding carboxylic acids is 1. The maximum atomic E-state index is 12.7. The number of ketones is 1. The van der Waals surface area contributed by atoms with Gasteiger partial charge in [0.1, 0.15) is 0 Å². The molecule has 116 valence electrons. The zero-order chi connectivity index (χ0) is 14.8. The molecule has 0 aromatic carbocycles. The van der Waals surface area contributed by atoms with Gasteiger partial charge < -0.3 is 5.32 Å². The van der Waals surface area contributed by atoms with Crippen LogP contribution in [0.3, 0.4) is 0 Å². The molecule has 2 saturated carbocycles. The Bertz CT molecular complexity index is 328. The maximum Gasteiger partial charge on any atom is 0.152 e. The van der Waals surface area contributed by atoms with Gasteiger partial charge >= 0.3 is 0 Å². The Labute approximate surface area is 125 Å². The van der Waals surface area contributed by atoms with E-state index in [0.29, 0.717) is 11.7 Å². The molecule has 2 heteroatoms. The first-order valence-electron chi connectivity index (χ1n) is 8.74. The van der Waals surface area contributed by atoms with Crippen molar-refractivity contribution in [2.24, 2.45) is 17.8 Å². The van der Waals surface area contributed by atoms with Crippen molar-refractivity contribution in [3.05, 3.63) is 0 Å². The van der Waals surface area contributed by atoms with E-state index >= 15 is 0 Å². The Morgan fingerprint density at radius 2 is 1.80 bits per heavy atom. The molecule has 0 aromatic rings. The van der Waals surface area contributed by atoms with E-state index in [-0.39, 0.29) is 17.5 Å². The van der Waals surface area contributed by atoms with Crippen molar-refractivity contribution in [1.29, 1.82) is 0 Å². The van der Waals surface area contributed by atoms with Crippen molar-refractivity contribution in [2.75, 3.05) is 0 Å². The average molecular weight is 279 g/mol. The van der Waals surface area contributed by atoms with Gasteiger partial charge in [-0.15, -0.1) is 0 Å². The highest BCUT2D eigenvalue weighted by Gasteiger charge is 2.35. The monoisotopic (exact) mass is 279 g/mol. The van der Waals surface area contributed by atoms with E-state index in [1.54, 1.807) is 0 Å². The predicted molar refractivity (Wildman–Crippen MR) is 84.8 cm³/mol. The number of carbonyl (C=O) groups is 1. The van der Waals surface area contributed by atoms with Crippen LogP contribution in [0.1, 0.15) is 79.1 Å². The highest BCUT2D eigenvalue weighted by atomic mass is 16.1. The molecule has 0 heterocycles. The molecule has 2 aliphatic rings. The van der Waals surface area contributed by atoms with E-state index < -0.39 is 0 Å². The van der Waals surface area contributed by atoms with Gasteiger partial charge in [0.05, 0.1) is 6.04 Å². The Morgan fingerprint density at radius 3 is 2.20 bits per heavy atom. The molecule has 2 unspecified atom stereocenters. The van der Waals surface area contributed by atoms with Gasteiger partial charge in [0, 0.05) is 11.5 Å². The van der Waals surface area contributed by atoms with Crippen LogP contribution in [0.15, 0.2) is 0 Å². The highest BCUT2D eigenvalue weighted by Crippen LogP contribution is 2.36. The summed E-state index contributed by atoms with van der Waals surface area (Å²) in [5.41, 5.74) is 0.0980. The van der Waals surface area contributed by atoms with Gasteiger partial charge in [-0.3, -0.25) is 4.79 Å². The standard InChI is InChI=1S/C18H33NO/c1-5-16(17(20)13(2)15-10-7-11-15)19-18(3,4)12-14-8-6-9-14/h13-16,19H,5-12H2,1-4H3. The first kappa shape index (κ1) is 16.0. The quantitative estimate of drug-likeness (QED) is 0.716. The van der Waals surface area contributed by atoms with Crippen molar-refractivity contribution in [1.82, 2.24) is 5.32 Å². The Kier molecular flexibility index (Phi) is 5.28. The third-order valence-corrected chi connectivity index (χ3v) is 5.65. The second-order valence-corrected chi connectivity index (χ2v) is 7.87. The zero-order valence-electron chi connectivity index (χ0n) is 13.9. The molecule has 2 nitrogen and oxygen atoms in total. The fourth-order valence-corrected chi connectivity index (χ4v) is 3.81. The lowest BCUT2D eigenvalue weighted by atomic mass is 9.73. The minimum absolute atomic E-state index is 0.0562. The van der Waals surface area contributed by atoms with Crippen LogP contribution in [0.25, 0.3) is 0 Å². The Hall–Kier alpha value is -0.370. The number of nitrogens with one attached hydrogen (secondary N) is 1. The van der Waals surface area contributed by atoms with Crippen LogP contribution in [0.2, 0.25) is 0 Å². The second-order valence-electron chi connectivity index (χ2n) is 7.87. The van der Waals surface area contributed by atoms with Gasteiger partial charge in [-0.2, -0.15) is 0 Å². The zero-order valence-corrected chi connectivity index (χ0v) is 13.9. The first-order valence-corrected chi connectivity index (χ1v) is 8.74. The van der Waals surface area contributed by atoms with E-state index in [1.807, 2.05) is 0 Å². The molecule has 0 aromatic heterocycles. The van der Waals surface area contributed by atoms with Gasteiger partial charge in [0.25, 0.3) is 0 Å². The van der Waals surface area contributed by atoms with Gasteiger partial charge in [-0.25, -0.2) is 0 Å². The van der Waals surface area contributed by atoms with Crippen LogP contribution < -0.4 is 5.32 Å². The number of hydrogen-bond donors (Lipinski definition) is 1. The molecule has 0 saturated heterocycles. The minimum atomic E-state index is 0.0562. The van der Waals surface area contributed by atoms with Crippen molar-refractivity contribution >= 4 is 5.78 Å². The molecule has 20 heavy (non-hydrogen) atoms. The summed E-state index contributed by atoms with van der Waals surface area (Å²) in [6, 6.07) is 0.0562. The molecule has 2 rings (SSSR count). The van der Waals surface area contributed by atoms with Gasteiger partial charge in [0.2, 0.25) is 0 Å². The summed E-state index contributed by atoms with van der Waals surface area (Å²) in [6.45, 7) is 8.84. The van der Waals surface area contributed by atoms with Gasteiger partial charge in [-0.1, -0.05) is 39.5 Å². The Balaban J connectivity index is 1.87. The fourth-order valence-electron chi connectivity index (χ4n) is 3.81. The second kappa shape index (κ2) is 6.60. The summed E-state index contributed by atoms with van der Waals surface area (Å²) in [4.78, 5) is 12.7. The molecule has 2 atom stereocenters. The van der Waals surface area contributed by atoms with Crippen LogP contribution in [0.4, 0.5) is 0 Å². The van der Waals surface area contributed by atoms with E-state index in [0.717, 1.165) is 12.3 Å². The smallest absolute Gasteiger partial charge is 0.152 e. The van der Waals surface area contributed by atoms with E-state index in [1.165, 1.54) is 44.9 Å². The predicted octanol–water partition coefficient (Wildman–Crippen LogP) is 4.33. The lowest BCUT2D eigenvalue weighted by Gasteiger charge is -2.39. The van der Waals surface area contributed by atoms with Crippen LogP contribution >= 0.6 is 0 Å². The van der Waals surface area contributed by atoms with Crippen LogP contribution in [0, 0.1) is 17.8 Å². The van der Waals surface area contributed by atoms with Crippen LogP contribution in [-0.4, -0.2) is 17.4 Å². The summed E-state index contributed by atoms with van der Waals surface area (Å²) in [5, 5.41) is 3.68. The molecule has 0 amide bonds. The molecule has 0 radical (unpaired) electrons. The van der Waals surface area contributed by atoms with Crippen LogP contribution in [-0.2, 0) is 4.79 Å². The van der Waals surface area contributed by atoms with Crippen LogP contribution in [0.5, 0.6) is 0 Å². The third kappa shape index (κ3) is 3.84. The summed E-state index contributed by atoms with van der Waals surface area (Å²) in [5.74, 6) is 2.25. The first-order chi connectivity index (χ1) is 9.43. The molecule has 1 N–H and O–H groups in total. The normalized spacial score (nSPS) is 23.8. The minimum Gasteiger partial charge on any atom is -0.302 e. The molecule has 0 spiro atoms. The third-order valence-electron chi connectivity index (χ3n) is 5.65. The van der Waals surface area contributed by atoms with Crippen molar-refractivity contribution in [3.8, 4) is 0 Å². The molecule has 0 bridgehead atoms. The highest BCUT2D eigenvalue weighted by molar-refractivity contribution is 5.86. The number of Topliss-reactive ketones (excluding diaryl/α,β-unsaturated/α-hetero) is 1. The molecular formula is C18H33NO. The van der Waals surface area contributed by atoms with Crippen molar-refractivity contribution < 1.29 is 4.79 Å². The molecule has 2 fully saturated rings. The molecule has 2 aliphatic carbocycles. The lowest BCUT2D eigenvalue weighted by molar-refractivity contribution is -0.127. The fraction of sp³-hybridized carbons (Fsp3) is 0.944. The summed E-state index contributed by atoms with van der Waals surface area (Å²) in [6.07, 6.45) is 10.1. The van der Waals surface area contributed by atoms with Crippen molar-refractivity contribution in [3.63, 3.8) is 0 Å². The summed E-state index contributed by atoms with van der Waals surface area (Å²) >= 11 is 0. The molecular weight excluding hydrogens is 246 g/mol. The van der Waals surface area contributed by atoms with E-state index in [9.17, 15) is 4.79 Å². The van der Waals surface area contributed by atoms with E-state index in [2.05, 4.69) is 33.0 Å². The number of rotatable bonds is 8. The summed E-state index contributed by atoms with van der Waals surface area (Å²) in [7, 11) is 0. The van der Waals surface area contributed by atoms with Crippen molar-refractivity contribution in [2.45, 2.75) is 90.6 Å². The van der Waals surface area contributed by atoms with E-state index in [4.69, 9.17) is 0 Å². The number of hydrogen-bond acceptors (Lipinski definition) is 2. The summed E-state index contributed by atoms with van der Waals surface area (Å²) < 4.78 is 0. The largest absolute Gasteiger partial charge is 0.302 e. The maximum absolute atomic E-state index is 12.7. The topological polar surface area (TPSA) is 29.1 Å². The Morgan fingerprint density at radius 1 is 1.20 bits per heavy atom. The molecule has 0 aliphatic heterocycles. The van der Waals surface area contributed by atoms with Gasteiger partial charge in [-0.05, 0) is 51.4 Å². The average Bonchev–Trinajstić information content (AvgIpc) is 2.28. The SMILES string of the molecule is CCC(NC(C)(C)CC1CCC1)C(=O)C(C)C1CCC1.